The highest BCUT2D eigenvalue weighted by atomic mass is 32.2. The zero-order valence-corrected chi connectivity index (χ0v) is 26.5. The van der Waals surface area contributed by atoms with Gasteiger partial charge in [0.25, 0.3) is 15.9 Å². The van der Waals surface area contributed by atoms with Crippen molar-refractivity contribution in [2.24, 2.45) is 5.41 Å². The van der Waals surface area contributed by atoms with Crippen LogP contribution in [0.2, 0.25) is 0 Å². The molecule has 0 spiro atoms. The van der Waals surface area contributed by atoms with Gasteiger partial charge in [0.2, 0.25) is 5.91 Å². The zero-order valence-electron chi connectivity index (χ0n) is 25.7. The second-order valence-corrected chi connectivity index (χ2v) is 13.7. The standard InChI is InChI=1S/C39H34N2O4S/c1-39(2,26-28-12-4-3-5-13-28)38(43)40-46(44,45)36-19-11-9-16-33(36)31-22-20-29(21-23-31)27-41-35-18-10-7-15-32(35)25-24-30-14-6-8-17-34(30)37(41)42/h3-25H,26-27H2,1-2H3,(H,40,43). The first kappa shape index (κ1) is 30.7. The van der Waals surface area contributed by atoms with Gasteiger partial charge in [0, 0.05) is 16.5 Å². The van der Waals surface area contributed by atoms with Crippen LogP contribution in [-0.2, 0) is 27.8 Å². The molecule has 1 heterocycles. The minimum atomic E-state index is -4.18. The van der Waals surface area contributed by atoms with Gasteiger partial charge < -0.3 is 4.90 Å². The molecule has 5 aromatic carbocycles. The summed E-state index contributed by atoms with van der Waals surface area (Å²) in [6.45, 7) is 3.80. The summed E-state index contributed by atoms with van der Waals surface area (Å²) in [6.07, 6.45) is 4.39. The van der Waals surface area contributed by atoms with Crippen molar-refractivity contribution in [2.75, 3.05) is 4.90 Å². The summed E-state index contributed by atoms with van der Waals surface area (Å²) in [5.41, 5.74) is 5.25. The van der Waals surface area contributed by atoms with E-state index in [2.05, 4.69) is 4.72 Å². The van der Waals surface area contributed by atoms with E-state index in [0.29, 0.717) is 29.7 Å². The van der Waals surface area contributed by atoms with E-state index in [4.69, 9.17) is 0 Å². The molecule has 0 fully saturated rings. The van der Waals surface area contributed by atoms with E-state index in [1.165, 1.54) is 6.07 Å². The second kappa shape index (κ2) is 12.6. The average molecular weight is 627 g/mol. The molecule has 0 atom stereocenters. The maximum atomic E-state index is 13.9. The van der Waals surface area contributed by atoms with Crippen LogP contribution in [0.4, 0.5) is 5.69 Å². The SMILES string of the molecule is CC(C)(Cc1ccccc1)C(=O)NS(=O)(=O)c1ccccc1-c1ccc(CN2C(=O)c3ccccc3C=Cc3ccccc32)cc1. The monoisotopic (exact) mass is 626 g/mol. The first-order chi connectivity index (χ1) is 22.1. The number of hydrogen-bond donors (Lipinski definition) is 1. The van der Waals surface area contributed by atoms with Crippen LogP contribution in [0.3, 0.4) is 0 Å². The molecule has 0 radical (unpaired) electrons. The number of nitrogens with zero attached hydrogens (tertiary/aromatic N) is 1. The Hall–Kier alpha value is -5.27. The molecule has 0 saturated heterocycles. The number of sulfonamides is 1. The Morgan fingerprint density at radius 2 is 1.26 bits per heavy atom. The van der Waals surface area contributed by atoms with Crippen molar-refractivity contribution >= 4 is 39.7 Å². The Bertz CT molecular complexity index is 2050. The molecule has 7 heteroatoms. The van der Waals surface area contributed by atoms with Gasteiger partial charge in [-0.05, 0) is 52.4 Å². The first-order valence-electron chi connectivity index (χ1n) is 15.1. The lowest BCUT2D eigenvalue weighted by atomic mass is 9.85. The molecule has 0 saturated carbocycles. The van der Waals surface area contributed by atoms with Gasteiger partial charge >= 0.3 is 0 Å². The van der Waals surface area contributed by atoms with Crippen molar-refractivity contribution in [1.29, 1.82) is 0 Å². The number of carbonyl (C=O) groups excluding carboxylic acids is 2. The fourth-order valence-electron chi connectivity index (χ4n) is 5.72. The maximum Gasteiger partial charge on any atom is 0.264 e. The number of amides is 2. The minimum Gasteiger partial charge on any atom is -0.303 e. The van der Waals surface area contributed by atoms with Crippen molar-refractivity contribution in [1.82, 2.24) is 4.72 Å². The van der Waals surface area contributed by atoms with Gasteiger partial charge in [-0.2, -0.15) is 0 Å². The molecule has 5 aromatic rings. The molecule has 230 valence electrons. The maximum absolute atomic E-state index is 13.9. The molecule has 1 N–H and O–H groups in total. The fourth-order valence-corrected chi connectivity index (χ4v) is 7.08. The third-order valence-corrected chi connectivity index (χ3v) is 9.61. The number of hydrogen-bond acceptors (Lipinski definition) is 4. The van der Waals surface area contributed by atoms with Crippen molar-refractivity contribution in [2.45, 2.75) is 31.7 Å². The summed E-state index contributed by atoms with van der Waals surface area (Å²) < 4.78 is 29.5. The second-order valence-electron chi connectivity index (χ2n) is 12.0. The molecule has 0 bridgehead atoms. The van der Waals surface area contributed by atoms with Gasteiger partial charge in [0.15, 0.2) is 0 Å². The highest BCUT2D eigenvalue weighted by molar-refractivity contribution is 7.90. The van der Waals surface area contributed by atoms with E-state index < -0.39 is 21.3 Å². The third kappa shape index (κ3) is 6.41. The molecule has 6 rings (SSSR count). The topological polar surface area (TPSA) is 83.6 Å². The molecular weight excluding hydrogens is 593 g/mol. The molecule has 0 aromatic heterocycles. The Morgan fingerprint density at radius 3 is 2.00 bits per heavy atom. The van der Waals surface area contributed by atoms with Crippen LogP contribution >= 0.6 is 0 Å². The van der Waals surface area contributed by atoms with E-state index in [1.54, 1.807) is 36.9 Å². The van der Waals surface area contributed by atoms with E-state index >= 15 is 0 Å². The van der Waals surface area contributed by atoms with Crippen LogP contribution in [0.15, 0.2) is 132 Å². The smallest absolute Gasteiger partial charge is 0.264 e. The summed E-state index contributed by atoms with van der Waals surface area (Å²) in [6, 6.07) is 39.0. The summed E-state index contributed by atoms with van der Waals surface area (Å²) in [5.74, 6) is -0.671. The van der Waals surface area contributed by atoms with Crippen LogP contribution in [-0.4, -0.2) is 20.2 Å². The van der Waals surface area contributed by atoms with Crippen molar-refractivity contribution < 1.29 is 18.0 Å². The van der Waals surface area contributed by atoms with Crippen LogP contribution in [0.1, 0.15) is 46.5 Å². The van der Waals surface area contributed by atoms with Crippen LogP contribution < -0.4 is 9.62 Å². The number of rotatable bonds is 8. The lowest BCUT2D eigenvalue weighted by molar-refractivity contribution is -0.127. The van der Waals surface area contributed by atoms with E-state index in [-0.39, 0.29) is 10.8 Å². The first-order valence-corrected chi connectivity index (χ1v) is 16.6. The Labute approximate surface area is 270 Å². The number of anilines is 1. The molecule has 6 nitrogen and oxygen atoms in total. The Morgan fingerprint density at radius 1 is 0.674 bits per heavy atom. The number of benzene rings is 5. The van der Waals surface area contributed by atoms with Crippen molar-refractivity contribution in [3.05, 3.63) is 155 Å². The van der Waals surface area contributed by atoms with E-state index in [1.807, 2.05) is 115 Å². The quantitative estimate of drug-likeness (QED) is 0.191. The largest absolute Gasteiger partial charge is 0.303 e. The predicted molar refractivity (Wildman–Crippen MR) is 183 cm³/mol. The number of para-hydroxylation sites is 1. The van der Waals surface area contributed by atoms with Gasteiger partial charge in [-0.25, -0.2) is 13.1 Å². The van der Waals surface area contributed by atoms with Gasteiger partial charge in [0.05, 0.1) is 17.1 Å². The van der Waals surface area contributed by atoms with Gasteiger partial charge in [-0.1, -0.05) is 135 Å². The zero-order chi connectivity index (χ0) is 32.3. The van der Waals surface area contributed by atoms with Gasteiger partial charge in [-0.15, -0.1) is 0 Å². The molecule has 1 aliphatic rings. The third-order valence-electron chi connectivity index (χ3n) is 8.22. The van der Waals surface area contributed by atoms with E-state index in [9.17, 15) is 18.0 Å². The molecule has 0 aliphatic carbocycles. The lowest BCUT2D eigenvalue weighted by Gasteiger charge is -2.27. The normalized spacial score (nSPS) is 12.9. The highest BCUT2D eigenvalue weighted by Gasteiger charge is 2.32. The van der Waals surface area contributed by atoms with Crippen molar-refractivity contribution in [3.8, 4) is 11.1 Å². The summed E-state index contributed by atoms with van der Waals surface area (Å²) in [4.78, 5) is 28.9. The van der Waals surface area contributed by atoms with E-state index in [0.717, 1.165) is 27.9 Å². The molecule has 2 amide bonds. The molecule has 0 unspecified atom stereocenters. The van der Waals surface area contributed by atoms with Crippen LogP contribution in [0, 0.1) is 5.41 Å². The summed E-state index contributed by atoms with van der Waals surface area (Å²) >= 11 is 0. The molecular formula is C39H34N2O4S. The molecule has 46 heavy (non-hydrogen) atoms. The Balaban J connectivity index is 1.26. The van der Waals surface area contributed by atoms with Crippen molar-refractivity contribution in [3.63, 3.8) is 0 Å². The van der Waals surface area contributed by atoms with Crippen LogP contribution in [0.25, 0.3) is 23.3 Å². The summed E-state index contributed by atoms with van der Waals surface area (Å²) in [5, 5.41) is 0. The number of carbonyl (C=O) groups is 2. The molecule has 1 aliphatic heterocycles. The van der Waals surface area contributed by atoms with Gasteiger partial charge in [-0.3, -0.25) is 9.59 Å². The number of fused-ring (bicyclic) bond motifs is 2. The lowest BCUT2D eigenvalue weighted by Crippen LogP contribution is -2.41. The fraction of sp³-hybridized carbons (Fsp3) is 0.128. The minimum absolute atomic E-state index is 0.0166. The number of nitrogens with one attached hydrogen (secondary N) is 1. The predicted octanol–water partition coefficient (Wildman–Crippen LogP) is 7.76. The average Bonchev–Trinajstić information content (AvgIpc) is 3.06. The highest BCUT2D eigenvalue weighted by Crippen LogP contribution is 2.32. The Kier molecular flexibility index (Phi) is 8.43. The van der Waals surface area contributed by atoms with Gasteiger partial charge in [0.1, 0.15) is 0 Å². The van der Waals surface area contributed by atoms with Crippen LogP contribution in [0.5, 0.6) is 0 Å². The summed E-state index contributed by atoms with van der Waals surface area (Å²) in [7, 11) is -4.18.